The molecular weight excluding hydrogens is 420 g/mol. The van der Waals surface area contributed by atoms with Crippen molar-refractivity contribution in [2.45, 2.75) is 17.9 Å². The van der Waals surface area contributed by atoms with E-state index in [2.05, 4.69) is 5.32 Å². The molecule has 0 aliphatic heterocycles. The molecule has 1 N–H and O–H groups in total. The van der Waals surface area contributed by atoms with Crippen LogP contribution in [-0.2, 0) is 10.0 Å². The summed E-state index contributed by atoms with van der Waals surface area (Å²) in [6.07, 6.45) is 0. The lowest BCUT2D eigenvalue weighted by Gasteiger charge is -2.19. The molecule has 0 saturated heterocycles. The van der Waals surface area contributed by atoms with Crippen LogP contribution in [0.5, 0.6) is 5.75 Å². The second-order valence-corrected chi connectivity index (χ2v) is 10.1. The molecule has 3 rings (SSSR count). The lowest BCUT2D eigenvalue weighted by atomic mass is 10.0. The number of nitrogens with one attached hydrogen (secondary N) is 1. The van der Waals surface area contributed by atoms with Crippen LogP contribution in [0, 0.1) is 6.92 Å². The molecule has 1 heterocycles. The number of aryl methyl sites for hydroxylation is 1. The first-order chi connectivity index (χ1) is 14.2. The van der Waals surface area contributed by atoms with Gasteiger partial charge in [-0.2, -0.15) is 0 Å². The molecule has 0 saturated carbocycles. The van der Waals surface area contributed by atoms with Crippen LogP contribution < -0.4 is 10.1 Å². The van der Waals surface area contributed by atoms with Crippen LogP contribution in [-0.4, -0.2) is 39.8 Å². The molecule has 8 heteroatoms. The van der Waals surface area contributed by atoms with E-state index in [0.29, 0.717) is 0 Å². The van der Waals surface area contributed by atoms with Crippen LogP contribution in [0.25, 0.3) is 0 Å². The maximum Gasteiger partial charge on any atom is 0.252 e. The third-order valence-electron chi connectivity index (χ3n) is 4.70. The van der Waals surface area contributed by atoms with Crippen LogP contribution in [0.4, 0.5) is 0 Å². The first kappa shape index (κ1) is 22.0. The van der Waals surface area contributed by atoms with E-state index in [9.17, 15) is 13.2 Å². The fourth-order valence-electron chi connectivity index (χ4n) is 2.96. The Kier molecular flexibility index (Phi) is 6.60. The molecule has 0 aliphatic carbocycles. The molecule has 1 aromatic heterocycles. The minimum atomic E-state index is -3.77. The maximum atomic E-state index is 13.1. The molecule has 1 atom stereocenters. The Bertz CT molecular complexity index is 1120. The summed E-state index contributed by atoms with van der Waals surface area (Å²) in [7, 11) is 0.495. The molecule has 0 bridgehead atoms. The van der Waals surface area contributed by atoms with Gasteiger partial charge in [0, 0.05) is 24.5 Å². The fraction of sp³-hybridized carbons (Fsp3) is 0.227. The number of thiophene rings is 1. The van der Waals surface area contributed by atoms with E-state index in [1.165, 1.54) is 33.3 Å². The number of nitrogens with zero attached hydrogens (tertiary/aromatic N) is 1. The summed E-state index contributed by atoms with van der Waals surface area (Å²) in [5.41, 5.74) is 2.32. The van der Waals surface area contributed by atoms with E-state index in [1.807, 2.05) is 48.7 Å². The highest BCUT2D eigenvalue weighted by molar-refractivity contribution is 7.89. The van der Waals surface area contributed by atoms with Crippen LogP contribution in [0.15, 0.2) is 64.9 Å². The minimum absolute atomic E-state index is 0.0503. The van der Waals surface area contributed by atoms with E-state index in [1.54, 1.807) is 17.4 Å². The zero-order chi connectivity index (χ0) is 21.9. The van der Waals surface area contributed by atoms with Crippen molar-refractivity contribution in [1.29, 1.82) is 0 Å². The summed E-state index contributed by atoms with van der Waals surface area (Å²) in [5.74, 6) is -0.180. The number of methoxy groups -OCH3 is 1. The van der Waals surface area contributed by atoms with Gasteiger partial charge in [0.2, 0.25) is 10.0 Å². The summed E-state index contributed by atoms with van der Waals surface area (Å²) in [6, 6.07) is 15.9. The molecule has 1 amide bonds. The molecule has 0 fully saturated rings. The Morgan fingerprint density at radius 1 is 1.10 bits per heavy atom. The third-order valence-corrected chi connectivity index (χ3v) is 7.47. The van der Waals surface area contributed by atoms with E-state index in [-0.39, 0.29) is 28.2 Å². The number of carbonyl (C=O) groups excluding carboxylic acids is 1. The van der Waals surface area contributed by atoms with Crippen molar-refractivity contribution >= 4 is 27.3 Å². The highest BCUT2D eigenvalue weighted by Gasteiger charge is 2.25. The smallest absolute Gasteiger partial charge is 0.252 e. The first-order valence-electron chi connectivity index (χ1n) is 9.25. The highest BCUT2D eigenvalue weighted by Crippen LogP contribution is 2.29. The molecule has 1 unspecified atom stereocenters. The van der Waals surface area contributed by atoms with Crippen LogP contribution in [0.2, 0.25) is 0 Å². The summed E-state index contributed by atoms with van der Waals surface area (Å²) >= 11 is 1.55. The molecule has 30 heavy (non-hydrogen) atoms. The van der Waals surface area contributed by atoms with Gasteiger partial charge in [0.25, 0.3) is 5.91 Å². The van der Waals surface area contributed by atoms with Crippen molar-refractivity contribution in [2.75, 3.05) is 21.2 Å². The minimum Gasteiger partial charge on any atom is -0.495 e. The monoisotopic (exact) mass is 444 g/mol. The molecule has 2 aromatic carbocycles. The number of ether oxygens (including phenoxy) is 1. The van der Waals surface area contributed by atoms with Crippen molar-refractivity contribution in [3.8, 4) is 5.75 Å². The average Bonchev–Trinajstić information content (AvgIpc) is 3.26. The maximum absolute atomic E-state index is 13.1. The normalized spacial score (nSPS) is 12.6. The SMILES string of the molecule is COc1ccc(C(=O)NC(c2ccc(C)cc2)c2cccs2)cc1S(=O)(=O)N(C)C. The molecule has 0 radical (unpaired) electrons. The molecule has 6 nitrogen and oxygen atoms in total. The van der Waals surface area contributed by atoms with Gasteiger partial charge >= 0.3 is 0 Å². The average molecular weight is 445 g/mol. The number of benzene rings is 2. The van der Waals surface area contributed by atoms with E-state index in [4.69, 9.17) is 4.74 Å². The van der Waals surface area contributed by atoms with Gasteiger partial charge in [0.1, 0.15) is 10.6 Å². The number of hydrogen-bond acceptors (Lipinski definition) is 5. The summed E-state index contributed by atoms with van der Waals surface area (Å²) in [5, 5.41) is 5.00. The molecule has 158 valence electrons. The van der Waals surface area contributed by atoms with Gasteiger partial charge in [0.05, 0.1) is 13.2 Å². The van der Waals surface area contributed by atoms with Crippen molar-refractivity contribution in [3.63, 3.8) is 0 Å². The number of carbonyl (C=O) groups is 1. The van der Waals surface area contributed by atoms with E-state index < -0.39 is 10.0 Å². The Hall–Kier alpha value is -2.68. The predicted molar refractivity (Wildman–Crippen MR) is 119 cm³/mol. The lowest BCUT2D eigenvalue weighted by Crippen LogP contribution is -2.29. The highest BCUT2D eigenvalue weighted by atomic mass is 32.2. The lowest BCUT2D eigenvalue weighted by molar-refractivity contribution is 0.0943. The van der Waals surface area contributed by atoms with Crippen molar-refractivity contribution in [1.82, 2.24) is 9.62 Å². The quantitative estimate of drug-likeness (QED) is 0.601. The van der Waals surface area contributed by atoms with Gasteiger partial charge in [-0.1, -0.05) is 35.9 Å². The van der Waals surface area contributed by atoms with Crippen LogP contribution in [0.1, 0.15) is 32.4 Å². The third kappa shape index (κ3) is 4.56. The number of sulfonamides is 1. The van der Waals surface area contributed by atoms with Crippen molar-refractivity contribution in [3.05, 3.63) is 81.5 Å². The van der Waals surface area contributed by atoms with Gasteiger partial charge in [-0.25, -0.2) is 12.7 Å². The standard InChI is InChI=1S/C22H24N2O4S2/c1-15-7-9-16(10-8-15)21(19-6-5-13-29-19)23-22(25)17-11-12-18(28-4)20(14-17)30(26,27)24(2)3/h5-14,21H,1-4H3,(H,23,25). The second kappa shape index (κ2) is 8.99. The Labute approximate surface area is 181 Å². The topological polar surface area (TPSA) is 75.7 Å². The van der Waals surface area contributed by atoms with E-state index >= 15 is 0 Å². The van der Waals surface area contributed by atoms with Crippen LogP contribution in [0.3, 0.4) is 0 Å². The van der Waals surface area contributed by atoms with Gasteiger partial charge in [-0.15, -0.1) is 11.3 Å². The zero-order valence-electron chi connectivity index (χ0n) is 17.2. The Morgan fingerprint density at radius 2 is 1.80 bits per heavy atom. The predicted octanol–water partition coefficient (Wildman–Crippen LogP) is 3.83. The van der Waals surface area contributed by atoms with Crippen LogP contribution >= 0.6 is 11.3 Å². The largest absolute Gasteiger partial charge is 0.495 e. The fourth-order valence-corrected chi connectivity index (χ4v) is 4.84. The summed E-state index contributed by atoms with van der Waals surface area (Å²) in [4.78, 5) is 14.0. The van der Waals surface area contributed by atoms with Gasteiger partial charge < -0.3 is 10.1 Å². The van der Waals surface area contributed by atoms with Gasteiger partial charge in [-0.05, 0) is 42.1 Å². The molecule has 0 spiro atoms. The number of rotatable bonds is 7. The number of hydrogen-bond donors (Lipinski definition) is 1. The van der Waals surface area contributed by atoms with Crippen molar-refractivity contribution in [2.24, 2.45) is 0 Å². The molecule has 0 aliphatic rings. The van der Waals surface area contributed by atoms with Crippen molar-refractivity contribution < 1.29 is 17.9 Å². The first-order valence-corrected chi connectivity index (χ1v) is 11.6. The second-order valence-electron chi connectivity index (χ2n) is 6.99. The van der Waals surface area contributed by atoms with E-state index in [0.717, 1.165) is 20.3 Å². The van der Waals surface area contributed by atoms with Gasteiger partial charge in [0.15, 0.2) is 0 Å². The van der Waals surface area contributed by atoms with Gasteiger partial charge in [-0.3, -0.25) is 4.79 Å². The Morgan fingerprint density at radius 3 is 2.37 bits per heavy atom. The molecular formula is C22H24N2O4S2. The summed E-state index contributed by atoms with van der Waals surface area (Å²) in [6.45, 7) is 2.01. The molecule has 3 aromatic rings. The Balaban J connectivity index is 1.98. The zero-order valence-corrected chi connectivity index (χ0v) is 18.9. The number of amides is 1. The summed E-state index contributed by atoms with van der Waals surface area (Å²) < 4.78 is 31.6.